The summed E-state index contributed by atoms with van der Waals surface area (Å²) in [5, 5.41) is 3.20. The molecule has 1 aliphatic rings. The Bertz CT molecular complexity index is 571. The Labute approximate surface area is 115 Å². The first-order chi connectivity index (χ1) is 8.97. The Hall–Kier alpha value is -1.17. The van der Waals surface area contributed by atoms with Crippen LogP contribution in [0.25, 0.3) is 0 Å². The molecule has 1 aromatic rings. The second-order valence-corrected chi connectivity index (χ2v) is 6.73. The van der Waals surface area contributed by atoms with Crippen LogP contribution in [0.5, 0.6) is 0 Å². The summed E-state index contributed by atoms with van der Waals surface area (Å²) in [5.74, 6) is 0. The van der Waals surface area contributed by atoms with Gasteiger partial charge in [-0.25, -0.2) is 13.1 Å². The summed E-state index contributed by atoms with van der Waals surface area (Å²) in [6.45, 7) is 5.94. The van der Waals surface area contributed by atoms with Crippen molar-refractivity contribution in [3.63, 3.8) is 0 Å². The van der Waals surface area contributed by atoms with Gasteiger partial charge in [-0.2, -0.15) is 0 Å². The molecule has 0 saturated heterocycles. The fraction of sp³-hybridized carbons (Fsp3) is 0.429. The van der Waals surface area contributed by atoms with E-state index in [9.17, 15) is 8.42 Å². The summed E-state index contributed by atoms with van der Waals surface area (Å²) in [7, 11) is -3.42. The number of nitrogens with one attached hydrogen (secondary N) is 2. The van der Waals surface area contributed by atoms with Crippen molar-refractivity contribution in [1.82, 2.24) is 10.0 Å². The monoisotopic (exact) mass is 280 g/mol. The smallest absolute Gasteiger partial charge is 0.240 e. The van der Waals surface area contributed by atoms with Crippen LogP contribution < -0.4 is 10.0 Å². The van der Waals surface area contributed by atoms with Crippen molar-refractivity contribution in [3.8, 4) is 0 Å². The molecule has 1 heterocycles. The van der Waals surface area contributed by atoms with Crippen molar-refractivity contribution in [3.05, 3.63) is 41.0 Å². The van der Waals surface area contributed by atoms with Crippen LogP contribution in [0.15, 0.2) is 34.7 Å². The van der Waals surface area contributed by atoms with Gasteiger partial charge in [-0.15, -0.1) is 0 Å². The molecule has 19 heavy (non-hydrogen) atoms. The van der Waals surface area contributed by atoms with Crippen LogP contribution in [0.1, 0.15) is 17.5 Å². The summed E-state index contributed by atoms with van der Waals surface area (Å²) in [5.41, 5.74) is 3.06. The van der Waals surface area contributed by atoms with Gasteiger partial charge in [0.25, 0.3) is 0 Å². The number of rotatable bonds is 4. The zero-order chi connectivity index (χ0) is 13.9. The van der Waals surface area contributed by atoms with E-state index >= 15 is 0 Å². The average molecular weight is 280 g/mol. The predicted molar refractivity (Wildman–Crippen MR) is 76.7 cm³/mol. The van der Waals surface area contributed by atoms with Crippen molar-refractivity contribution >= 4 is 10.0 Å². The molecule has 1 aromatic carbocycles. The molecule has 0 amide bonds. The molecule has 2 N–H and O–H groups in total. The molecule has 0 radical (unpaired) electrons. The molecular weight excluding hydrogens is 260 g/mol. The van der Waals surface area contributed by atoms with Gasteiger partial charge >= 0.3 is 0 Å². The number of hydrogen-bond acceptors (Lipinski definition) is 3. The Kier molecular flexibility index (Phi) is 4.39. The van der Waals surface area contributed by atoms with E-state index in [1.165, 1.54) is 0 Å². The van der Waals surface area contributed by atoms with E-state index in [2.05, 4.69) is 10.0 Å². The van der Waals surface area contributed by atoms with E-state index in [0.717, 1.165) is 36.2 Å². The minimum atomic E-state index is -3.42. The standard InChI is InChI=1S/C14H20N2O2S/c1-11-7-12(2)9-14(8-11)19(17,18)16-10-13-3-5-15-6-4-13/h3,7-9,15-16H,4-6,10H2,1-2H3. The maximum atomic E-state index is 12.2. The third-order valence-corrected chi connectivity index (χ3v) is 4.53. The van der Waals surface area contributed by atoms with E-state index < -0.39 is 10.0 Å². The van der Waals surface area contributed by atoms with Crippen LogP contribution in [0, 0.1) is 13.8 Å². The summed E-state index contributed by atoms with van der Waals surface area (Å²) in [6.07, 6.45) is 2.95. The van der Waals surface area contributed by atoms with Crippen molar-refractivity contribution in [1.29, 1.82) is 0 Å². The van der Waals surface area contributed by atoms with Gasteiger partial charge in [-0.05, 0) is 50.1 Å². The van der Waals surface area contributed by atoms with E-state index in [1.807, 2.05) is 26.0 Å². The lowest BCUT2D eigenvalue weighted by Crippen LogP contribution is -2.29. The summed E-state index contributed by atoms with van der Waals surface area (Å²) in [6, 6.07) is 5.37. The van der Waals surface area contributed by atoms with E-state index in [0.29, 0.717) is 11.4 Å². The molecular formula is C14H20N2O2S. The van der Waals surface area contributed by atoms with Crippen LogP contribution in [-0.4, -0.2) is 28.1 Å². The van der Waals surface area contributed by atoms with Crippen LogP contribution in [0.3, 0.4) is 0 Å². The number of aryl methyl sites for hydroxylation is 2. The van der Waals surface area contributed by atoms with Gasteiger partial charge in [0.05, 0.1) is 4.90 Å². The predicted octanol–water partition coefficient (Wildman–Crippen LogP) is 1.50. The highest BCUT2D eigenvalue weighted by atomic mass is 32.2. The van der Waals surface area contributed by atoms with Gasteiger partial charge < -0.3 is 5.32 Å². The first-order valence-corrected chi connectivity index (χ1v) is 7.92. The Morgan fingerprint density at radius 1 is 1.21 bits per heavy atom. The zero-order valence-corrected chi connectivity index (χ0v) is 12.2. The summed E-state index contributed by atoms with van der Waals surface area (Å²) in [4.78, 5) is 0.347. The minimum Gasteiger partial charge on any atom is -0.313 e. The number of benzene rings is 1. The van der Waals surface area contributed by atoms with Gasteiger partial charge in [-0.3, -0.25) is 0 Å². The molecule has 0 spiro atoms. The second-order valence-electron chi connectivity index (χ2n) is 4.96. The lowest BCUT2D eigenvalue weighted by molar-refractivity contribution is 0.582. The fourth-order valence-electron chi connectivity index (χ4n) is 2.19. The topological polar surface area (TPSA) is 58.2 Å². The summed E-state index contributed by atoms with van der Waals surface area (Å²) < 4.78 is 27.1. The van der Waals surface area contributed by atoms with E-state index in [4.69, 9.17) is 0 Å². The van der Waals surface area contributed by atoms with Gasteiger partial charge in [0.15, 0.2) is 0 Å². The normalized spacial score (nSPS) is 16.2. The molecule has 0 saturated carbocycles. The maximum absolute atomic E-state index is 12.2. The summed E-state index contributed by atoms with van der Waals surface area (Å²) >= 11 is 0. The fourth-order valence-corrected chi connectivity index (χ4v) is 3.41. The quantitative estimate of drug-likeness (QED) is 0.822. The SMILES string of the molecule is Cc1cc(C)cc(S(=O)(=O)NCC2=CCNCC2)c1. The zero-order valence-electron chi connectivity index (χ0n) is 11.4. The third-order valence-electron chi connectivity index (χ3n) is 3.15. The third kappa shape index (κ3) is 3.89. The molecule has 5 heteroatoms. The van der Waals surface area contributed by atoms with Crippen molar-refractivity contribution in [2.45, 2.75) is 25.2 Å². The van der Waals surface area contributed by atoms with E-state index in [-0.39, 0.29) is 0 Å². The molecule has 0 atom stereocenters. The average Bonchev–Trinajstić information content (AvgIpc) is 2.37. The highest BCUT2D eigenvalue weighted by molar-refractivity contribution is 7.89. The van der Waals surface area contributed by atoms with Crippen LogP contribution >= 0.6 is 0 Å². The number of sulfonamides is 1. The van der Waals surface area contributed by atoms with Crippen molar-refractivity contribution in [2.75, 3.05) is 19.6 Å². The van der Waals surface area contributed by atoms with Crippen molar-refractivity contribution < 1.29 is 8.42 Å². The molecule has 1 aliphatic heterocycles. The van der Waals surface area contributed by atoms with Crippen LogP contribution in [0.2, 0.25) is 0 Å². The van der Waals surface area contributed by atoms with Crippen LogP contribution in [0.4, 0.5) is 0 Å². The second kappa shape index (κ2) is 5.86. The highest BCUT2D eigenvalue weighted by Crippen LogP contribution is 2.14. The first-order valence-electron chi connectivity index (χ1n) is 6.44. The van der Waals surface area contributed by atoms with Crippen molar-refractivity contribution in [2.24, 2.45) is 0 Å². The molecule has 2 rings (SSSR count). The Morgan fingerprint density at radius 3 is 2.47 bits per heavy atom. The highest BCUT2D eigenvalue weighted by Gasteiger charge is 2.15. The molecule has 0 fully saturated rings. The molecule has 4 nitrogen and oxygen atoms in total. The van der Waals surface area contributed by atoms with E-state index in [1.54, 1.807) is 12.1 Å². The van der Waals surface area contributed by atoms with Gasteiger partial charge in [0.1, 0.15) is 0 Å². The minimum absolute atomic E-state index is 0.347. The molecule has 104 valence electrons. The number of hydrogen-bond donors (Lipinski definition) is 2. The Morgan fingerprint density at radius 2 is 1.89 bits per heavy atom. The Balaban J connectivity index is 2.11. The van der Waals surface area contributed by atoms with Gasteiger partial charge in [-0.1, -0.05) is 17.7 Å². The lowest BCUT2D eigenvalue weighted by atomic mass is 10.1. The van der Waals surface area contributed by atoms with Gasteiger partial charge in [0, 0.05) is 13.1 Å². The largest absolute Gasteiger partial charge is 0.313 e. The lowest BCUT2D eigenvalue weighted by Gasteiger charge is -2.15. The molecule has 0 bridgehead atoms. The maximum Gasteiger partial charge on any atom is 0.240 e. The molecule has 0 aliphatic carbocycles. The van der Waals surface area contributed by atoms with Gasteiger partial charge in [0.2, 0.25) is 10.0 Å². The molecule has 0 aromatic heterocycles. The first kappa shape index (κ1) is 14.2. The molecule has 0 unspecified atom stereocenters. The van der Waals surface area contributed by atoms with Crippen LogP contribution in [-0.2, 0) is 10.0 Å².